The molecule has 1 radical (unpaired) electrons. The van der Waals surface area contributed by atoms with Crippen molar-refractivity contribution in [3.8, 4) is 0 Å². The normalized spacial score (nSPS) is 12.6. The van der Waals surface area contributed by atoms with Gasteiger partial charge in [-0.1, -0.05) is 12.1 Å². The summed E-state index contributed by atoms with van der Waals surface area (Å²) in [5.74, 6) is -2.21. The molecule has 0 aromatic heterocycles. The second-order valence-electron chi connectivity index (χ2n) is 3.73. The van der Waals surface area contributed by atoms with Gasteiger partial charge in [0.25, 0.3) is 0 Å². The fraction of sp³-hybridized carbons (Fsp3) is 0.273. The minimum absolute atomic E-state index is 0.0126. The van der Waals surface area contributed by atoms with Crippen LogP contribution in [-0.4, -0.2) is 25.0 Å². The zero-order valence-electron chi connectivity index (χ0n) is 9.65. The highest BCUT2D eigenvalue weighted by Crippen LogP contribution is 2.29. The van der Waals surface area contributed by atoms with Gasteiger partial charge in [0.2, 0.25) is 0 Å². The molecule has 0 heterocycles. The standard InChI is InChI=1S/C11H10BF3NO3/c13-11(14,15)8-3-1-7(2-4-8)5-9(10(17)18)12-19-6-16/h1-4,6,9,16H,5H2,(H,17,18)/t9-/m1/s1. The number of carboxylic acids is 1. The van der Waals surface area contributed by atoms with Gasteiger partial charge in [0.1, 0.15) is 6.40 Å². The van der Waals surface area contributed by atoms with Crippen LogP contribution in [0.2, 0.25) is 5.82 Å². The Morgan fingerprint density at radius 3 is 2.42 bits per heavy atom. The molecule has 0 amide bonds. The Kier molecular flexibility index (Phi) is 4.97. The lowest BCUT2D eigenvalue weighted by Gasteiger charge is -2.11. The molecule has 0 saturated carbocycles. The van der Waals surface area contributed by atoms with Crippen LogP contribution in [0.4, 0.5) is 13.2 Å². The fourth-order valence-corrected chi connectivity index (χ4v) is 1.41. The fourth-order valence-electron chi connectivity index (χ4n) is 1.41. The average Bonchev–Trinajstić information content (AvgIpc) is 2.33. The van der Waals surface area contributed by atoms with Crippen LogP contribution in [0.25, 0.3) is 0 Å². The first-order valence-corrected chi connectivity index (χ1v) is 5.21. The van der Waals surface area contributed by atoms with E-state index < -0.39 is 23.5 Å². The second-order valence-corrected chi connectivity index (χ2v) is 3.73. The molecule has 1 aromatic rings. The van der Waals surface area contributed by atoms with E-state index in [0.717, 1.165) is 19.6 Å². The van der Waals surface area contributed by atoms with Crippen LogP contribution >= 0.6 is 0 Å². The third kappa shape index (κ3) is 4.65. The first-order chi connectivity index (χ1) is 8.84. The van der Waals surface area contributed by atoms with Gasteiger partial charge >= 0.3 is 19.6 Å². The predicted molar refractivity (Wildman–Crippen MR) is 62.2 cm³/mol. The SMILES string of the molecule is N=CO[B][C@H](Cc1ccc(C(F)(F)F)cc1)C(=O)O. The van der Waals surface area contributed by atoms with Crippen molar-refractivity contribution in [3.05, 3.63) is 35.4 Å². The van der Waals surface area contributed by atoms with Gasteiger partial charge in [-0.25, -0.2) is 0 Å². The van der Waals surface area contributed by atoms with Crippen LogP contribution < -0.4 is 0 Å². The van der Waals surface area contributed by atoms with Gasteiger partial charge in [-0.2, -0.15) is 13.2 Å². The van der Waals surface area contributed by atoms with E-state index in [1.807, 2.05) is 0 Å². The molecular formula is C11H10BF3NO3. The lowest BCUT2D eigenvalue weighted by atomic mass is 9.76. The molecular weight excluding hydrogens is 262 g/mol. The molecule has 8 heteroatoms. The van der Waals surface area contributed by atoms with Crippen LogP contribution in [0.15, 0.2) is 24.3 Å². The molecule has 101 valence electrons. The van der Waals surface area contributed by atoms with E-state index in [9.17, 15) is 18.0 Å². The van der Waals surface area contributed by atoms with Gasteiger partial charge in [-0.05, 0) is 24.1 Å². The van der Waals surface area contributed by atoms with Crippen molar-refractivity contribution in [2.75, 3.05) is 0 Å². The van der Waals surface area contributed by atoms with Crippen molar-refractivity contribution >= 4 is 19.9 Å². The van der Waals surface area contributed by atoms with Gasteiger partial charge in [0.15, 0.2) is 0 Å². The molecule has 0 unspecified atom stereocenters. The second kappa shape index (κ2) is 6.26. The minimum Gasteiger partial charge on any atom is -0.555 e. The Hall–Kier alpha value is -1.99. The molecule has 19 heavy (non-hydrogen) atoms. The topological polar surface area (TPSA) is 70.4 Å². The number of rotatable bonds is 6. The summed E-state index contributed by atoms with van der Waals surface area (Å²) in [6.45, 7) is 0. The van der Waals surface area contributed by atoms with Gasteiger partial charge in [0, 0.05) is 0 Å². The number of hydrogen-bond acceptors (Lipinski definition) is 3. The number of aliphatic carboxylic acids is 1. The summed E-state index contributed by atoms with van der Waals surface area (Å²) in [6, 6.07) is 4.23. The van der Waals surface area contributed by atoms with Crippen LogP contribution in [0, 0.1) is 5.41 Å². The lowest BCUT2D eigenvalue weighted by molar-refractivity contribution is -0.138. The van der Waals surface area contributed by atoms with Crippen LogP contribution in [0.1, 0.15) is 11.1 Å². The van der Waals surface area contributed by atoms with Crippen molar-refractivity contribution in [1.82, 2.24) is 0 Å². The third-order valence-corrected chi connectivity index (χ3v) is 2.36. The Bertz CT molecular complexity index is 447. The van der Waals surface area contributed by atoms with Gasteiger partial charge < -0.3 is 9.76 Å². The molecule has 0 spiro atoms. The summed E-state index contributed by atoms with van der Waals surface area (Å²) in [6.07, 6.45) is -3.86. The summed E-state index contributed by atoms with van der Waals surface area (Å²) in [5.41, 5.74) is -0.354. The highest BCUT2D eigenvalue weighted by atomic mass is 19.4. The predicted octanol–water partition coefficient (Wildman–Crippen LogP) is 2.36. The summed E-state index contributed by atoms with van der Waals surface area (Å²) in [7, 11) is 0.951. The molecule has 0 aliphatic heterocycles. The Balaban J connectivity index is 2.75. The summed E-state index contributed by atoms with van der Waals surface area (Å²) >= 11 is 0. The Morgan fingerprint density at radius 1 is 1.42 bits per heavy atom. The number of carboxylic acid groups (broad SMARTS) is 1. The maximum absolute atomic E-state index is 12.3. The molecule has 1 atom stereocenters. The molecule has 0 bridgehead atoms. The summed E-state index contributed by atoms with van der Waals surface area (Å²) < 4.78 is 41.5. The summed E-state index contributed by atoms with van der Waals surface area (Å²) in [4.78, 5) is 10.9. The first kappa shape index (κ1) is 15.1. The first-order valence-electron chi connectivity index (χ1n) is 5.21. The smallest absolute Gasteiger partial charge is 0.416 e. The van der Waals surface area contributed by atoms with E-state index in [1.165, 1.54) is 12.1 Å². The molecule has 4 nitrogen and oxygen atoms in total. The van der Waals surface area contributed by atoms with Crippen molar-refractivity contribution in [2.45, 2.75) is 18.4 Å². The molecule has 0 aliphatic carbocycles. The summed E-state index contributed by atoms with van der Waals surface area (Å²) in [5, 5.41) is 15.5. The molecule has 0 aliphatic rings. The van der Waals surface area contributed by atoms with Crippen LogP contribution in [0.3, 0.4) is 0 Å². The Morgan fingerprint density at radius 2 is 2.00 bits per heavy atom. The Labute approximate surface area is 108 Å². The van der Waals surface area contributed by atoms with Crippen LogP contribution in [-0.2, 0) is 22.0 Å². The maximum Gasteiger partial charge on any atom is 0.416 e. The van der Waals surface area contributed by atoms with E-state index in [1.54, 1.807) is 0 Å². The quantitative estimate of drug-likeness (QED) is 0.474. The number of halogens is 3. The number of alkyl halides is 3. The zero-order valence-corrected chi connectivity index (χ0v) is 9.65. The van der Waals surface area contributed by atoms with Gasteiger partial charge in [0.05, 0.1) is 11.4 Å². The average molecular weight is 272 g/mol. The maximum atomic E-state index is 12.3. The van der Waals surface area contributed by atoms with Crippen LogP contribution in [0.5, 0.6) is 0 Å². The minimum atomic E-state index is -4.42. The van der Waals surface area contributed by atoms with Crippen molar-refractivity contribution in [3.63, 3.8) is 0 Å². The highest BCUT2D eigenvalue weighted by molar-refractivity contribution is 6.38. The molecule has 0 fully saturated rings. The van der Waals surface area contributed by atoms with E-state index in [0.29, 0.717) is 12.0 Å². The van der Waals surface area contributed by atoms with Crippen molar-refractivity contribution in [1.29, 1.82) is 5.41 Å². The molecule has 2 N–H and O–H groups in total. The molecule has 1 rings (SSSR count). The molecule has 1 aromatic carbocycles. The monoisotopic (exact) mass is 272 g/mol. The van der Waals surface area contributed by atoms with Gasteiger partial charge in [-0.15, -0.1) is 0 Å². The van der Waals surface area contributed by atoms with E-state index >= 15 is 0 Å². The highest BCUT2D eigenvalue weighted by Gasteiger charge is 2.30. The third-order valence-electron chi connectivity index (χ3n) is 2.36. The number of nitrogens with one attached hydrogen (secondary N) is 1. The van der Waals surface area contributed by atoms with E-state index in [4.69, 9.17) is 10.5 Å². The number of carbonyl (C=O) groups is 1. The van der Waals surface area contributed by atoms with Crippen molar-refractivity contribution in [2.24, 2.45) is 0 Å². The lowest BCUT2D eigenvalue weighted by Crippen LogP contribution is -2.19. The molecule has 0 saturated heterocycles. The van der Waals surface area contributed by atoms with Gasteiger partial charge in [-0.3, -0.25) is 10.2 Å². The van der Waals surface area contributed by atoms with E-state index in [2.05, 4.69) is 4.65 Å². The largest absolute Gasteiger partial charge is 0.555 e. The van der Waals surface area contributed by atoms with Crippen molar-refractivity contribution < 1.29 is 27.7 Å². The van der Waals surface area contributed by atoms with E-state index in [-0.39, 0.29) is 6.42 Å². The number of hydrogen-bond donors (Lipinski definition) is 2. The number of benzene rings is 1. The zero-order chi connectivity index (χ0) is 14.5.